The van der Waals surface area contributed by atoms with E-state index in [2.05, 4.69) is 24.4 Å². The van der Waals surface area contributed by atoms with Crippen molar-refractivity contribution in [2.75, 3.05) is 24.5 Å². The van der Waals surface area contributed by atoms with Gasteiger partial charge in [0.2, 0.25) is 0 Å². The van der Waals surface area contributed by atoms with Gasteiger partial charge < -0.3 is 10.2 Å². The standard InChI is InChI=1S/C21H25N3O2/c1-3-22-20(25)17-10-6-11-19(14-17)24-13-7-12-23(21(24)26)15-18-9-5-4-8-16(18)2/h4-6,8-11,14H,3,7,12-13,15H2,1-2H3,(H,22,25). The molecule has 0 spiro atoms. The Morgan fingerprint density at radius 3 is 2.69 bits per heavy atom. The molecule has 1 saturated heterocycles. The van der Waals surface area contributed by atoms with Crippen molar-refractivity contribution in [3.05, 3.63) is 65.2 Å². The summed E-state index contributed by atoms with van der Waals surface area (Å²) in [5.41, 5.74) is 3.70. The quantitative estimate of drug-likeness (QED) is 0.895. The summed E-state index contributed by atoms with van der Waals surface area (Å²) >= 11 is 0. The number of nitrogens with zero attached hydrogens (tertiary/aromatic N) is 2. The average molecular weight is 351 g/mol. The number of hydrogen-bond donors (Lipinski definition) is 1. The van der Waals surface area contributed by atoms with Crippen LogP contribution in [0.15, 0.2) is 48.5 Å². The van der Waals surface area contributed by atoms with E-state index in [0.717, 1.165) is 18.7 Å². The van der Waals surface area contributed by atoms with E-state index in [1.165, 1.54) is 11.1 Å². The van der Waals surface area contributed by atoms with Gasteiger partial charge in [-0.15, -0.1) is 0 Å². The largest absolute Gasteiger partial charge is 0.352 e. The number of urea groups is 1. The van der Waals surface area contributed by atoms with E-state index in [-0.39, 0.29) is 11.9 Å². The summed E-state index contributed by atoms with van der Waals surface area (Å²) in [4.78, 5) is 28.7. The highest BCUT2D eigenvalue weighted by atomic mass is 16.2. The first-order chi connectivity index (χ1) is 12.6. The number of hydrogen-bond acceptors (Lipinski definition) is 2. The minimum Gasteiger partial charge on any atom is -0.352 e. The van der Waals surface area contributed by atoms with Crippen LogP contribution in [0.5, 0.6) is 0 Å². The zero-order valence-corrected chi connectivity index (χ0v) is 15.4. The van der Waals surface area contributed by atoms with Crippen molar-refractivity contribution in [3.8, 4) is 0 Å². The van der Waals surface area contributed by atoms with E-state index in [1.54, 1.807) is 17.0 Å². The van der Waals surface area contributed by atoms with Crippen LogP contribution in [-0.2, 0) is 6.54 Å². The molecule has 1 aliphatic heterocycles. The third-order valence-electron chi connectivity index (χ3n) is 4.69. The molecular weight excluding hydrogens is 326 g/mol. The fraction of sp³-hybridized carbons (Fsp3) is 0.333. The molecule has 1 heterocycles. The highest BCUT2D eigenvalue weighted by Gasteiger charge is 2.27. The second kappa shape index (κ2) is 8.04. The zero-order chi connectivity index (χ0) is 18.5. The number of benzene rings is 2. The summed E-state index contributed by atoms with van der Waals surface area (Å²) in [6.45, 7) is 6.56. The SMILES string of the molecule is CCNC(=O)c1cccc(N2CCCN(Cc3ccccc3C)C2=O)c1. The van der Waals surface area contributed by atoms with Crippen LogP contribution < -0.4 is 10.2 Å². The predicted molar refractivity (Wildman–Crippen MR) is 103 cm³/mol. The van der Waals surface area contributed by atoms with Crippen molar-refractivity contribution in [1.82, 2.24) is 10.2 Å². The van der Waals surface area contributed by atoms with Crippen molar-refractivity contribution in [3.63, 3.8) is 0 Å². The third-order valence-corrected chi connectivity index (χ3v) is 4.69. The monoisotopic (exact) mass is 351 g/mol. The van der Waals surface area contributed by atoms with Crippen LogP contribution in [0, 0.1) is 6.92 Å². The fourth-order valence-corrected chi connectivity index (χ4v) is 3.24. The Labute approximate surface area is 154 Å². The predicted octanol–water partition coefficient (Wildman–Crippen LogP) is 3.58. The van der Waals surface area contributed by atoms with E-state index in [0.29, 0.717) is 25.2 Å². The zero-order valence-electron chi connectivity index (χ0n) is 15.4. The molecule has 1 N–H and O–H groups in total. The van der Waals surface area contributed by atoms with Gasteiger partial charge >= 0.3 is 6.03 Å². The summed E-state index contributed by atoms with van der Waals surface area (Å²) in [6.07, 6.45) is 0.906. The van der Waals surface area contributed by atoms with E-state index in [9.17, 15) is 9.59 Å². The molecule has 0 atom stereocenters. The third kappa shape index (κ3) is 3.87. The lowest BCUT2D eigenvalue weighted by Gasteiger charge is -2.36. The number of rotatable bonds is 5. The molecule has 1 aliphatic rings. The number of nitrogens with one attached hydrogen (secondary N) is 1. The molecule has 5 nitrogen and oxygen atoms in total. The Morgan fingerprint density at radius 2 is 1.92 bits per heavy atom. The second-order valence-electron chi connectivity index (χ2n) is 6.55. The van der Waals surface area contributed by atoms with Crippen molar-refractivity contribution < 1.29 is 9.59 Å². The summed E-state index contributed by atoms with van der Waals surface area (Å²) in [7, 11) is 0. The van der Waals surface area contributed by atoms with Gasteiger partial charge in [-0.2, -0.15) is 0 Å². The topological polar surface area (TPSA) is 52.7 Å². The lowest BCUT2D eigenvalue weighted by Crippen LogP contribution is -2.49. The molecule has 26 heavy (non-hydrogen) atoms. The van der Waals surface area contributed by atoms with Crippen LogP contribution in [0.4, 0.5) is 10.5 Å². The molecule has 3 amide bonds. The van der Waals surface area contributed by atoms with Gasteiger partial charge in [0, 0.05) is 37.4 Å². The molecule has 0 saturated carbocycles. The first-order valence-corrected chi connectivity index (χ1v) is 9.09. The van der Waals surface area contributed by atoms with Crippen LogP contribution in [0.2, 0.25) is 0 Å². The molecular formula is C21H25N3O2. The Balaban J connectivity index is 1.78. The molecule has 0 bridgehead atoms. The molecule has 0 radical (unpaired) electrons. The van der Waals surface area contributed by atoms with Gasteiger partial charge in [-0.05, 0) is 49.6 Å². The van der Waals surface area contributed by atoms with Crippen LogP contribution >= 0.6 is 0 Å². The van der Waals surface area contributed by atoms with Crippen molar-refractivity contribution in [2.24, 2.45) is 0 Å². The summed E-state index contributed by atoms with van der Waals surface area (Å²) in [5.74, 6) is -0.115. The highest BCUT2D eigenvalue weighted by Crippen LogP contribution is 2.23. The first kappa shape index (κ1) is 18.0. The molecule has 2 aromatic carbocycles. The van der Waals surface area contributed by atoms with E-state index in [4.69, 9.17) is 0 Å². The number of aryl methyl sites for hydroxylation is 1. The lowest BCUT2D eigenvalue weighted by atomic mass is 10.1. The maximum atomic E-state index is 13.0. The van der Waals surface area contributed by atoms with E-state index < -0.39 is 0 Å². The Bertz CT molecular complexity index is 803. The molecule has 0 aliphatic carbocycles. The van der Waals surface area contributed by atoms with Crippen molar-refractivity contribution >= 4 is 17.6 Å². The molecule has 2 aromatic rings. The molecule has 1 fully saturated rings. The first-order valence-electron chi connectivity index (χ1n) is 9.09. The van der Waals surface area contributed by atoms with Gasteiger partial charge in [0.15, 0.2) is 0 Å². The maximum absolute atomic E-state index is 13.0. The molecule has 136 valence electrons. The molecule has 0 unspecified atom stereocenters. The van der Waals surface area contributed by atoms with Gasteiger partial charge in [-0.25, -0.2) is 4.79 Å². The minimum absolute atomic E-state index is 0.00690. The smallest absolute Gasteiger partial charge is 0.324 e. The lowest BCUT2D eigenvalue weighted by molar-refractivity contribution is 0.0955. The van der Waals surface area contributed by atoms with Crippen LogP contribution in [0.1, 0.15) is 34.8 Å². The van der Waals surface area contributed by atoms with Gasteiger partial charge in [0.05, 0.1) is 0 Å². The number of amides is 3. The molecule has 5 heteroatoms. The highest BCUT2D eigenvalue weighted by molar-refractivity contribution is 5.97. The van der Waals surface area contributed by atoms with Gasteiger partial charge in [-0.1, -0.05) is 30.3 Å². The van der Waals surface area contributed by atoms with Crippen LogP contribution in [-0.4, -0.2) is 36.5 Å². The maximum Gasteiger partial charge on any atom is 0.324 e. The molecule has 0 aromatic heterocycles. The van der Waals surface area contributed by atoms with Crippen molar-refractivity contribution in [1.29, 1.82) is 0 Å². The Morgan fingerprint density at radius 1 is 1.12 bits per heavy atom. The summed E-state index contributed by atoms with van der Waals surface area (Å²) < 4.78 is 0. The summed E-state index contributed by atoms with van der Waals surface area (Å²) in [6, 6.07) is 15.4. The van der Waals surface area contributed by atoms with E-state index >= 15 is 0 Å². The fourth-order valence-electron chi connectivity index (χ4n) is 3.24. The summed E-state index contributed by atoms with van der Waals surface area (Å²) in [5, 5.41) is 2.80. The molecule has 3 rings (SSSR count). The average Bonchev–Trinajstić information content (AvgIpc) is 2.65. The van der Waals surface area contributed by atoms with Crippen molar-refractivity contribution in [2.45, 2.75) is 26.8 Å². The number of carbonyl (C=O) groups excluding carboxylic acids is 2. The second-order valence-corrected chi connectivity index (χ2v) is 6.55. The number of carbonyl (C=O) groups is 2. The Hall–Kier alpha value is -2.82. The van der Waals surface area contributed by atoms with Crippen LogP contribution in [0.25, 0.3) is 0 Å². The van der Waals surface area contributed by atoms with E-state index in [1.807, 2.05) is 36.1 Å². The number of anilines is 1. The van der Waals surface area contributed by atoms with Gasteiger partial charge in [0.25, 0.3) is 5.91 Å². The van der Waals surface area contributed by atoms with Gasteiger partial charge in [-0.3, -0.25) is 9.69 Å². The minimum atomic E-state index is -0.115. The normalized spacial score (nSPS) is 14.5. The van der Waals surface area contributed by atoms with Crippen LogP contribution in [0.3, 0.4) is 0 Å². The van der Waals surface area contributed by atoms with Gasteiger partial charge in [0.1, 0.15) is 0 Å². The Kier molecular flexibility index (Phi) is 5.56.